The van der Waals surface area contributed by atoms with Crippen LogP contribution in [-0.4, -0.2) is 14.8 Å². The molecule has 0 aromatic carbocycles. The molecule has 98 valence electrons. The third-order valence-corrected chi connectivity index (χ3v) is 3.27. The minimum absolute atomic E-state index is 0.367. The van der Waals surface area contributed by atoms with Crippen molar-refractivity contribution in [2.24, 2.45) is 0 Å². The van der Waals surface area contributed by atoms with Gasteiger partial charge in [-0.25, -0.2) is 0 Å². The van der Waals surface area contributed by atoms with Gasteiger partial charge >= 0.3 is 0 Å². The monoisotopic (exact) mass is 245 g/mol. The quantitative estimate of drug-likeness (QED) is 0.809. The van der Waals surface area contributed by atoms with E-state index in [1.165, 1.54) is 11.1 Å². The summed E-state index contributed by atoms with van der Waals surface area (Å²) in [6.45, 7) is 13.1. The molecule has 0 aliphatic heterocycles. The van der Waals surface area contributed by atoms with E-state index in [1.807, 2.05) is 6.20 Å². The molecule has 3 heteroatoms. The number of pyridine rings is 1. The second-order valence-electron chi connectivity index (χ2n) is 5.86. The first-order valence-corrected chi connectivity index (χ1v) is 6.79. The van der Waals surface area contributed by atoms with Crippen molar-refractivity contribution < 1.29 is 0 Å². The van der Waals surface area contributed by atoms with Crippen LogP contribution in [0, 0.1) is 0 Å². The Hall–Kier alpha value is -1.38. The fourth-order valence-corrected chi connectivity index (χ4v) is 2.21. The fourth-order valence-electron chi connectivity index (χ4n) is 2.21. The van der Waals surface area contributed by atoms with Crippen molar-refractivity contribution in [1.29, 1.82) is 0 Å². The van der Waals surface area contributed by atoms with Crippen LogP contribution in [0.15, 0.2) is 12.3 Å². The average molecular weight is 245 g/mol. The van der Waals surface area contributed by atoms with E-state index in [9.17, 15) is 0 Å². The molecule has 0 aliphatic carbocycles. The summed E-state index contributed by atoms with van der Waals surface area (Å²) in [7, 11) is 0. The molecule has 2 heterocycles. The molecule has 2 rings (SSSR count). The van der Waals surface area contributed by atoms with E-state index in [0.717, 1.165) is 11.2 Å². The van der Waals surface area contributed by atoms with Gasteiger partial charge in [-0.2, -0.15) is 5.10 Å². The summed E-state index contributed by atoms with van der Waals surface area (Å²) in [6, 6.07) is 2.58. The molecule has 2 aromatic heterocycles. The van der Waals surface area contributed by atoms with E-state index in [0.29, 0.717) is 17.9 Å². The maximum atomic E-state index is 4.77. The van der Waals surface area contributed by atoms with Crippen LogP contribution in [0.5, 0.6) is 0 Å². The Kier molecular flexibility index (Phi) is 3.42. The third kappa shape index (κ3) is 2.14. The summed E-state index contributed by atoms with van der Waals surface area (Å²) in [5.74, 6) is 0.895. The number of hydrogen-bond donors (Lipinski definition) is 0. The zero-order valence-corrected chi connectivity index (χ0v) is 12.2. The Morgan fingerprint density at radius 3 is 2.17 bits per heavy atom. The first kappa shape index (κ1) is 13.1. The van der Waals surface area contributed by atoms with Crippen LogP contribution < -0.4 is 0 Å². The Morgan fingerprint density at radius 2 is 1.67 bits per heavy atom. The Balaban J connectivity index is 2.71. The molecular formula is C15H23N3. The Bertz CT molecular complexity index is 550. The normalized spacial score (nSPS) is 12.3. The van der Waals surface area contributed by atoms with Gasteiger partial charge in [-0.15, -0.1) is 0 Å². The van der Waals surface area contributed by atoms with Gasteiger partial charge in [-0.1, -0.05) is 27.7 Å². The van der Waals surface area contributed by atoms with E-state index in [1.54, 1.807) is 0 Å². The lowest BCUT2D eigenvalue weighted by Crippen LogP contribution is -2.03. The minimum atomic E-state index is 0.367. The molecule has 2 aromatic rings. The van der Waals surface area contributed by atoms with Crippen molar-refractivity contribution in [3.63, 3.8) is 0 Å². The van der Waals surface area contributed by atoms with E-state index in [4.69, 9.17) is 5.10 Å². The van der Waals surface area contributed by atoms with Crippen molar-refractivity contribution in [3.8, 4) is 0 Å². The van der Waals surface area contributed by atoms with Crippen molar-refractivity contribution in [3.05, 3.63) is 23.7 Å². The standard InChI is InChI=1S/C15H23N3/c1-9(2)13-7-12-14(8-16-13)18(11(5)6)17-15(12)10(3)4/h7-11H,1-6H3. The largest absolute Gasteiger partial charge is 0.261 e. The van der Waals surface area contributed by atoms with Crippen LogP contribution >= 0.6 is 0 Å². The van der Waals surface area contributed by atoms with Crippen molar-refractivity contribution in [1.82, 2.24) is 14.8 Å². The highest BCUT2D eigenvalue weighted by Gasteiger charge is 2.16. The molecule has 0 fully saturated rings. The number of hydrogen-bond acceptors (Lipinski definition) is 2. The van der Waals surface area contributed by atoms with Gasteiger partial charge in [0, 0.05) is 17.1 Å². The van der Waals surface area contributed by atoms with E-state index in [-0.39, 0.29) is 0 Å². The number of nitrogens with zero attached hydrogens (tertiary/aromatic N) is 3. The molecule has 3 nitrogen and oxygen atoms in total. The molecule has 0 saturated carbocycles. The lowest BCUT2D eigenvalue weighted by Gasteiger charge is -2.08. The predicted molar refractivity (Wildman–Crippen MR) is 76.1 cm³/mol. The van der Waals surface area contributed by atoms with Crippen LogP contribution in [0.2, 0.25) is 0 Å². The second kappa shape index (κ2) is 4.71. The molecule has 0 aliphatic rings. The molecule has 0 N–H and O–H groups in total. The van der Waals surface area contributed by atoms with Crippen molar-refractivity contribution in [2.45, 2.75) is 59.4 Å². The van der Waals surface area contributed by atoms with Crippen LogP contribution in [0.4, 0.5) is 0 Å². The van der Waals surface area contributed by atoms with Crippen molar-refractivity contribution >= 4 is 10.9 Å². The molecule has 0 spiro atoms. The lowest BCUT2D eigenvalue weighted by atomic mass is 10.0. The van der Waals surface area contributed by atoms with Gasteiger partial charge in [-0.05, 0) is 31.7 Å². The summed E-state index contributed by atoms with van der Waals surface area (Å²) in [5, 5.41) is 6.03. The van der Waals surface area contributed by atoms with Gasteiger partial charge in [0.05, 0.1) is 17.4 Å². The summed E-state index contributed by atoms with van der Waals surface area (Å²) in [6.07, 6.45) is 1.98. The van der Waals surface area contributed by atoms with Crippen LogP contribution in [0.1, 0.15) is 70.8 Å². The molecule has 0 amide bonds. The fraction of sp³-hybridized carbons (Fsp3) is 0.600. The van der Waals surface area contributed by atoms with Gasteiger partial charge < -0.3 is 0 Å². The SMILES string of the molecule is CC(C)c1cc2c(C(C)C)nn(C(C)C)c2cn1. The molecule has 0 atom stereocenters. The molecule has 0 saturated heterocycles. The number of aromatic nitrogens is 3. The predicted octanol–water partition coefficient (Wildman–Crippen LogP) is 4.26. The molecule has 18 heavy (non-hydrogen) atoms. The summed E-state index contributed by atoms with van der Waals surface area (Å²) >= 11 is 0. The Labute approximate surface area is 109 Å². The second-order valence-corrected chi connectivity index (χ2v) is 5.86. The Morgan fingerprint density at radius 1 is 1.00 bits per heavy atom. The number of fused-ring (bicyclic) bond motifs is 1. The third-order valence-electron chi connectivity index (χ3n) is 3.27. The van der Waals surface area contributed by atoms with Gasteiger partial charge in [0.1, 0.15) is 0 Å². The average Bonchev–Trinajstić information content (AvgIpc) is 2.67. The van der Waals surface area contributed by atoms with Crippen LogP contribution in [0.3, 0.4) is 0 Å². The van der Waals surface area contributed by atoms with Gasteiger partial charge in [0.25, 0.3) is 0 Å². The van der Waals surface area contributed by atoms with Gasteiger partial charge in [-0.3, -0.25) is 9.67 Å². The summed E-state index contributed by atoms with van der Waals surface area (Å²) < 4.78 is 2.09. The number of rotatable bonds is 3. The highest BCUT2D eigenvalue weighted by atomic mass is 15.3. The highest BCUT2D eigenvalue weighted by Crippen LogP contribution is 2.28. The zero-order valence-electron chi connectivity index (χ0n) is 12.2. The zero-order chi connectivity index (χ0) is 13.4. The first-order chi connectivity index (χ1) is 8.41. The maximum absolute atomic E-state index is 4.77. The van der Waals surface area contributed by atoms with Gasteiger partial charge in [0.2, 0.25) is 0 Å². The smallest absolute Gasteiger partial charge is 0.0871 e. The highest BCUT2D eigenvalue weighted by molar-refractivity contribution is 5.82. The van der Waals surface area contributed by atoms with Crippen molar-refractivity contribution in [2.75, 3.05) is 0 Å². The maximum Gasteiger partial charge on any atom is 0.0871 e. The lowest BCUT2D eigenvalue weighted by molar-refractivity contribution is 0.539. The molecular weight excluding hydrogens is 222 g/mol. The van der Waals surface area contributed by atoms with Crippen LogP contribution in [0.25, 0.3) is 10.9 Å². The molecule has 0 unspecified atom stereocenters. The first-order valence-electron chi connectivity index (χ1n) is 6.79. The van der Waals surface area contributed by atoms with Crippen LogP contribution in [-0.2, 0) is 0 Å². The minimum Gasteiger partial charge on any atom is -0.261 e. The van der Waals surface area contributed by atoms with Gasteiger partial charge in [0.15, 0.2) is 0 Å². The van der Waals surface area contributed by atoms with E-state index < -0.39 is 0 Å². The molecule has 0 radical (unpaired) electrons. The topological polar surface area (TPSA) is 30.7 Å². The molecule has 0 bridgehead atoms. The summed E-state index contributed by atoms with van der Waals surface area (Å²) in [4.78, 5) is 4.56. The summed E-state index contributed by atoms with van der Waals surface area (Å²) in [5.41, 5.74) is 3.48. The van der Waals surface area contributed by atoms with E-state index >= 15 is 0 Å². The van der Waals surface area contributed by atoms with E-state index in [2.05, 4.69) is 57.3 Å².